The second kappa shape index (κ2) is 4.93. The molecule has 0 saturated carbocycles. The minimum Gasteiger partial charge on any atom is -0.396 e. The first-order valence-electron chi connectivity index (χ1n) is 5.44. The second-order valence-corrected chi connectivity index (χ2v) is 5.70. The lowest BCUT2D eigenvalue weighted by molar-refractivity contribution is 0.599. The van der Waals surface area contributed by atoms with Crippen LogP contribution in [0.15, 0.2) is 34.0 Å². The Labute approximate surface area is 113 Å². The molecular formula is C11H11FN4O3S. The zero-order valence-corrected chi connectivity index (χ0v) is 11.2. The summed E-state index contributed by atoms with van der Waals surface area (Å²) in [5.41, 5.74) is 4.84. The summed E-state index contributed by atoms with van der Waals surface area (Å²) in [4.78, 5) is 10.7. The van der Waals surface area contributed by atoms with Crippen molar-refractivity contribution in [1.82, 2.24) is 10.2 Å². The monoisotopic (exact) mass is 298 g/mol. The zero-order valence-electron chi connectivity index (χ0n) is 10.3. The average molecular weight is 298 g/mol. The maximum absolute atomic E-state index is 13.2. The Morgan fingerprint density at radius 3 is 2.65 bits per heavy atom. The SMILES string of the molecule is Cc1cc(F)c(N)cc1S(=O)(=O)Nc1ccc(=O)[nH]n1. The van der Waals surface area contributed by atoms with E-state index in [1.54, 1.807) is 0 Å². The molecule has 0 aliphatic heterocycles. The van der Waals surface area contributed by atoms with Crippen LogP contribution in [-0.4, -0.2) is 18.6 Å². The van der Waals surface area contributed by atoms with Gasteiger partial charge in [0.25, 0.3) is 15.6 Å². The molecule has 0 radical (unpaired) electrons. The molecule has 9 heteroatoms. The number of hydrogen-bond donors (Lipinski definition) is 3. The Hall–Kier alpha value is -2.42. The molecule has 1 heterocycles. The first kappa shape index (κ1) is 14.0. The molecule has 0 spiro atoms. The van der Waals surface area contributed by atoms with Crippen LogP contribution >= 0.6 is 0 Å². The third-order valence-corrected chi connectivity index (χ3v) is 4.00. The molecule has 1 aromatic carbocycles. The van der Waals surface area contributed by atoms with Crippen LogP contribution in [0.4, 0.5) is 15.9 Å². The van der Waals surface area contributed by atoms with E-state index in [2.05, 4.69) is 14.9 Å². The first-order chi connectivity index (χ1) is 9.29. The van der Waals surface area contributed by atoms with Gasteiger partial charge in [-0.05, 0) is 30.7 Å². The number of aromatic nitrogens is 2. The van der Waals surface area contributed by atoms with Gasteiger partial charge in [-0.2, -0.15) is 5.10 Å². The largest absolute Gasteiger partial charge is 0.396 e. The van der Waals surface area contributed by atoms with Gasteiger partial charge in [-0.3, -0.25) is 9.52 Å². The quantitative estimate of drug-likeness (QED) is 0.717. The van der Waals surface area contributed by atoms with Crippen molar-refractivity contribution < 1.29 is 12.8 Å². The maximum atomic E-state index is 13.2. The van der Waals surface area contributed by atoms with Crippen molar-refractivity contribution in [3.05, 3.63) is 46.0 Å². The molecule has 0 saturated heterocycles. The Balaban J connectivity index is 2.43. The lowest BCUT2D eigenvalue weighted by Crippen LogP contribution is -2.17. The van der Waals surface area contributed by atoms with E-state index in [-0.39, 0.29) is 22.0 Å². The van der Waals surface area contributed by atoms with E-state index in [1.807, 2.05) is 0 Å². The number of halogens is 1. The molecule has 1 aromatic heterocycles. The molecule has 2 rings (SSSR count). The topological polar surface area (TPSA) is 118 Å². The Morgan fingerprint density at radius 2 is 2.05 bits per heavy atom. The number of hydrogen-bond acceptors (Lipinski definition) is 5. The molecular weight excluding hydrogens is 287 g/mol. The van der Waals surface area contributed by atoms with Crippen molar-refractivity contribution in [2.24, 2.45) is 0 Å². The fourth-order valence-corrected chi connectivity index (χ4v) is 2.82. The van der Waals surface area contributed by atoms with Gasteiger partial charge < -0.3 is 5.73 Å². The zero-order chi connectivity index (χ0) is 14.9. The third-order valence-electron chi connectivity index (χ3n) is 2.50. The van der Waals surface area contributed by atoms with Crippen LogP contribution < -0.4 is 16.0 Å². The minimum absolute atomic E-state index is 0.0631. The average Bonchev–Trinajstić information content (AvgIpc) is 2.36. The summed E-state index contributed by atoms with van der Waals surface area (Å²) in [5.74, 6) is -0.754. The number of anilines is 2. The van der Waals surface area contributed by atoms with Crippen LogP contribution in [-0.2, 0) is 10.0 Å². The van der Waals surface area contributed by atoms with Gasteiger partial charge in [-0.15, -0.1) is 0 Å². The fraction of sp³-hybridized carbons (Fsp3) is 0.0909. The normalized spacial score (nSPS) is 11.3. The van der Waals surface area contributed by atoms with Crippen LogP contribution in [0.3, 0.4) is 0 Å². The number of nitrogens with zero attached hydrogens (tertiary/aromatic N) is 1. The standard InChI is InChI=1S/C11H11FN4O3S/c1-6-4-7(12)8(13)5-9(6)20(18,19)16-10-2-3-11(17)15-14-10/h2-5H,13H2,1H3,(H,14,16)(H,15,17). The van der Waals surface area contributed by atoms with E-state index in [0.717, 1.165) is 18.2 Å². The lowest BCUT2D eigenvalue weighted by atomic mass is 10.2. The van der Waals surface area contributed by atoms with Crippen molar-refractivity contribution in [3.63, 3.8) is 0 Å². The van der Waals surface area contributed by atoms with E-state index >= 15 is 0 Å². The molecule has 7 nitrogen and oxygen atoms in total. The lowest BCUT2D eigenvalue weighted by Gasteiger charge is -2.10. The predicted octanol–water partition coefficient (Wildman–Crippen LogP) is 0.600. The van der Waals surface area contributed by atoms with Gasteiger partial charge in [0, 0.05) is 6.07 Å². The molecule has 0 unspecified atom stereocenters. The number of sulfonamides is 1. The van der Waals surface area contributed by atoms with Crippen molar-refractivity contribution >= 4 is 21.5 Å². The number of nitrogens with two attached hydrogens (primary N) is 1. The number of H-pyrrole nitrogens is 1. The molecule has 0 amide bonds. The summed E-state index contributed by atoms with van der Waals surface area (Å²) < 4.78 is 39.7. The Morgan fingerprint density at radius 1 is 1.35 bits per heavy atom. The summed E-state index contributed by atoms with van der Waals surface area (Å²) in [5, 5.41) is 5.62. The molecule has 0 bridgehead atoms. The minimum atomic E-state index is -3.98. The highest BCUT2D eigenvalue weighted by molar-refractivity contribution is 7.92. The summed E-state index contributed by atoms with van der Waals surface area (Å²) in [7, 11) is -3.98. The summed E-state index contributed by atoms with van der Waals surface area (Å²) in [6.45, 7) is 1.44. The first-order valence-corrected chi connectivity index (χ1v) is 6.92. The van der Waals surface area contributed by atoms with E-state index in [1.165, 1.54) is 13.0 Å². The molecule has 4 N–H and O–H groups in total. The van der Waals surface area contributed by atoms with Gasteiger partial charge >= 0.3 is 0 Å². The Bertz CT molecular complexity index is 796. The van der Waals surface area contributed by atoms with E-state index < -0.39 is 21.4 Å². The van der Waals surface area contributed by atoms with Crippen LogP contribution in [0.2, 0.25) is 0 Å². The van der Waals surface area contributed by atoms with Gasteiger partial charge in [0.05, 0.1) is 10.6 Å². The molecule has 20 heavy (non-hydrogen) atoms. The van der Waals surface area contributed by atoms with Crippen molar-refractivity contribution in [2.75, 3.05) is 10.5 Å². The molecule has 106 valence electrons. The Kier molecular flexibility index (Phi) is 3.45. The molecule has 0 fully saturated rings. The maximum Gasteiger partial charge on any atom is 0.264 e. The summed E-state index contributed by atoms with van der Waals surface area (Å²) >= 11 is 0. The number of rotatable bonds is 3. The van der Waals surface area contributed by atoms with E-state index in [4.69, 9.17) is 5.73 Å². The number of aryl methyl sites for hydroxylation is 1. The molecule has 0 atom stereocenters. The van der Waals surface area contributed by atoms with Crippen molar-refractivity contribution in [2.45, 2.75) is 11.8 Å². The van der Waals surface area contributed by atoms with Crippen molar-refractivity contribution in [1.29, 1.82) is 0 Å². The molecule has 0 aliphatic carbocycles. The van der Waals surface area contributed by atoms with Gasteiger partial charge in [-0.1, -0.05) is 0 Å². The van der Waals surface area contributed by atoms with Crippen LogP contribution in [0.5, 0.6) is 0 Å². The van der Waals surface area contributed by atoms with Gasteiger partial charge in [0.15, 0.2) is 5.82 Å². The fourth-order valence-electron chi connectivity index (χ4n) is 1.55. The van der Waals surface area contributed by atoms with E-state index in [0.29, 0.717) is 0 Å². The third kappa shape index (κ3) is 2.77. The van der Waals surface area contributed by atoms with Crippen LogP contribution in [0.25, 0.3) is 0 Å². The predicted molar refractivity (Wildman–Crippen MR) is 71.2 cm³/mol. The smallest absolute Gasteiger partial charge is 0.264 e. The van der Waals surface area contributed by atoms with Gasteiger partial charge in [-0.25, -0.2) is 17.9 Å². The van der Waals surface area contributed by atoms with E-state index in [9.17, 15) is 17.6 Å². The number of benzene rings is 1. The highest BCUT2D eigenvalue weighted by Crippen LogP contribution is 2.23. The van der Waals surface area contributed by atoms with Crippen LogP contribution in [0, 0.1) is 12.7 Å². The highest BCUT2D eigenvalue weighted by atomic mass is 32.2. The van der Waals surface area contributed by atoms with Crippen molar-refractivity contribution in [3.8, 4) is 0 Å². The summed E-state index contributed by atoms with van der Waals surface area (Å²) in [6, 6.07) is 4.39. The second-order valence-electron chi connectivity index (χ2n) is 4.05. The highest BCUT2D eigenvalue weighted by Gasteiger charge is 2.19. The van der Waals surface area contributed by atoms with Gasteiger partial charge in [0.1, 0.15) is 5.82 Å². The molecule has 2 aromatic rings. The van der Waals surface area contributed by atoms with Gasteiger partial charge in [0.2, 0.25) is 0 Å². The summed E-state index contributed by atoms with van der Waals surface area (Å²) in [6.07, 6.45) is 0. The number of nitrogen functional groups attached to an aromatic ring is 1. The number of aromatic amines is 1. The number of nitrogens with one attached hydrogen (secondary N) is 2. The van der Waals surface area contributed by atoms with Crippen LogP contribution in [0.1, 0.15) is 5.56 Å². The molecule has 0 aliphatic rings.